The third kappa shape index (κ3) is 5.73. The Kier molecular flexibility index (Phi) is 6.48. The van der Waals surface area contributed by atoms with E-state index >= 15 is 0 Å². The van der Waals surface area contributed by atoms with Gasteiger partial charge in [0.2, 0.25) is 0 Å². The summed E-state index contributed by atoms with van der Waals surface area (Å²) in [6, 6.07) is 12.4. The van der Waals surface area contributed by atoms with Gasteiger partial charge in [-0.1, -0.05) is 18.2 Å². The zero-order valence-corrected chi connectivity index (χ0v) is 14.0. The summed E-state index contributed by atoms with van der Waals surface area (Å²) in [5.74, 6) is -0.464. The van der Waals surface area contributed by atoms with Crippen molar-refractivity contribution in [1.29, 1.82) is 0 Å². The molecule has 0 spiro atoms. The lowest BCUT2D eigenvalue weighted by molar-refractivity contribution is -0.119. The van der Waals surface area contributed by atoms with Crippen molar-refractivity contribution in [3.63, 3.8) is 0 Å². The summed E-state index contributed by atoms with van der Waals surface area (Å²) < 4.78 is 33.8. The summed E-state index contributed by atoms with van der Waals surface area (Å²) >= 11 is 0. The van der Waals surface area contributed by atoms with Crippen molar-refractivity contribution in [2.45, 2.75) is 13.2 Å². The molecule has 0 aliphatic rings. The first-order valence-corrected chi connectivity index (χ1v) is 7.65. The quantitative estimate of drug-likeness (QED) is 0.780. The van der Waals surface area contributed by atoms with Crippen molar-refractivity contribution in [1.82, 2.24) is 4.90 Å². The number of rotatable bonds is 8. The molecular formula is C18H18F2N2O4. The molecule has 2 rings (SSSR count). The average molecular weight is 364 g/mol. The first-order chi connectivity index (χ1) is 12.3. The molecule has 0 fully saturated rings. The third-order valence-electron chi connectivity index (χ3n) is 3.38. The van der Waals surface area contributed by atoms with Gasteiger partial charge in [-0.25, -0.2) is 0 Å². The zero-order valence-electron chi connectivity index (χ0n) is 14.0. The third-order valence-corrected chi connectivity index (χ3v) is 3.38. The van der Waals surface area contributed by atoms with Crippen LogP contribution in [0.2, 0.25) is 0 Å². The predicted octanol–water partition coefficient (Wildman–Crippen LogP) is 2.42. The molecule has 0 bridgehead atoms. The Morgan fingerprint density at radius 3 is 2.42 bits per heavy atom. The molecule has 0 saturated carbocycles. The number of alkyl halides is 2. The number of benzene rings is 2. The van der Waals surface area contributed by atoms with E-state index in [0.29, 0.717) is 11.3 Å². The lowest BCUT2D eigenvalue weighted by Crippen LogP contribution is -2.26. The highest BCUT2D eigenvalue weighted by Crippen LogP contribution is 2.18. The Labute approximate surface area is 149 Å². The van der Waals surface area contributed by atoms with Gasteiger partial charge in [0.1, 0.15) is 11.5 Å². The normalized spacial score (nSPS) is 10.5. The van der Waals surface area contributed by atoms with Crippen LogP contribution in [-0.4, -0.2) is 37.0 Å². The molecule has 26 heavy (non-hydrogen) atoms. The van der Waals surface area contributed by atoms with E-state index in [2.05, 4.69) is 4.74 Å². The maximum atomic E-state index is 12.5. The van der Waals surface area contributed by atoms with Crippen molar-refractivity contribution in [3.8, 4) is 11.5 Å². The minimum absolute atomic E-state index is 0.0528. The number of ether oxygens (including phenoxy) is 2. The predicted molar refractivity (Wildman–Crippen MR) is 90.0 cm³/mol. The first kappa shape index (κ1) is 19.2. The Hall–Kier alpha value is -3.16. The van der Waals surface area contributed by atoms with E-state index in [0.717, 1.165) is 5.56 Å². The standard InChI is InChI=1S/C18H18F2N2O4/c1-22(10-12-5-7-14(8-6-12)26-18(19)20)17(24)13-3-2-4-15(9-13)25-11-16(21)23/h2-9,18H,10-11H2,1H3,(H2,21,23). The summed E-state index contributed by atoms with van der Waals surface area (Å²) in [5.41, 5.74) is 6.15. The molecule has 0 saturated heterocycles. The average Bonchev–Trinajstić information content (AvgIpc) is 2.60. The van der Waals surface area contributed by atoms with E-state index in [9.17, 15) is 18.4 Å². The lowest BCUT2D eigenvalue weighted by atomic mass is 10.1. The summed E-state index contributed by atoms with van der Waals surface area (Å²) in [7, 11) is 1.61. The molecule has 2 N–H and O–H groups in total. The van der Waals surface area contributed by atoms with E-state index in [4.69, 9.17) is 10.5 Å². The monoisotopic (exact) mass is 364 g/mol. The molecule has 0 radical (unpaired) electrons. The van der Waals surface area contributed by atoms with Crippen LogP contribution in [0.15, 0.2) is 48.5 Å². The molecule has 138 valence electrons. The largest absolute Gasteiger partial charge is 0.484 e. The van der Waals surface area contributed by atoms with Crippen LogP contribution in [0.3, 0.4) is 0 Å². The van der Waals surface area contributed by atoms with Gasteiger partial charge in [0, 0.05) is 19.2 Å². The van der Waals surface area contributed by atoms with Crippen LogP contribution in [0.4, 0.5) is 8.78 Å². The Balaban J connectivity index is 2.00. The highest BCUT2D eigenvalue weighted by molar-refractivity contribution is 5.94. The second-order valence-electron chi connectivity index (χ2n) is 5.47. The molecule has 0 unspecified atom stereocenters. The summed E-state index contributed by atoms with van der Waals surface area (Å²) in [4.78, 5) is 24.7. The number of carbonyl (C=O) groups is 2. The number of halogens is 2. The van der Waals surface area contributed by atoms with Crippen molar-refractivity contribution in [2.24, 2.45) is 5.73 Å². The molecule has 6 nitrogen and oxygen atoms in total. The number of nitrogens with zero attached hydrogens (tertiary/aromatic N) is 1. The van der Waals surface area contributed by atoms with Crippen LogP contribution in [-0.2, 0) is 11.3 Å². The number of hydrogen-bond acceptors (Lipinski definition) is 4. The van der Waals surface area contributed by atoms with Gasteiger partial charge in [-0.05, 0) is 35.9 Å². The van der Waals surface area contributed by atoms with Gasteiger partial charge >= 0.3 is 6.61 Å². The van der Waals surface area contributed by atoms with Gasteiger partial charge in [-0.3, -0.25) is 9.59 Å². The van der Waals surface area contributed by atoms with E-state index in [1.165, 1.54) is 23.1 Å². The van der Waals surface area contributed by atoms with Crippen molar-refractivity contribution in [3.05, 3.63) is 59.7 Å². The summed E-state index contributed by atoms with van der Waals surface area (Å²) in [6.45, 7) is -2.88. The van der Waals surface area contributed by atoms with Crippen molar-refractivity contribution >= 4 is 11.8 Å². The van der Waals surface area contributed by atoms with Gasteiger partial charge in [0.05, 0.1) is 0 Å². The van der Waals surface area contributed by atoms with Crippen LogP contribution in [0, 0.1) is 0 Å². The number of primary amides is 1. The molecule has 0 aliphatic carbocycles. The van der Waals surface area contributed by atoms with Gasteiger partial charge in [-0.15, -0.1) is 0 Å². The number of carbonyl (C=O) groups excluding carboxylic acids is 2. The van der Waals surface area contributed by atoms with Crippen LogP contribution in [0.5, 0.6) is 11.5 Å². The molecule has 2 amide bonds. The van der Waals surface area contributed by atoms with Crippen molar-refractivity contribution in [2.75, 3.05) is 13.7 Å². The lowest BCUT2D eigenvalue weighted by Gasteiger charge is -2.18. The fourth-order valence-electron chi connectivity index (χ4n) is 2.22. The number of amides is 2. The van der Waals surface area contributed by atoms with Gasteiger partial charge in [-0.2, -0.15) is 8.78 Å². The number of hydrogen-bond donors (Lipinski definition) is 1. The van der Waals surface area contributed by atoms with Crippen LogP contribution in [0.1, 0.15) is 15.9 Å². The zero-order chi connectivity index (χ0) is 19.1. The highest BCUT2D eigenvalue weighted by atomic mass is 19.3. The minimum Gasteiger partial charge on any atom is -0.484 e. The first-order valence-electron chi connectivity index (χ1n) is 7.65. The Bertz CT molecular complexity index is 766. The topological polar surface area (TPSA) is 81.9 Å². The molecule has 0 heterocycles. The van der Waals surface area contributed by atoms with Gasteiger partial charge in [0.25, 0.3) is 11.8 Å². The summed E-state index contributed by atoms with van der Waals surface area (Å²) in [6.07, 6.45) is 0. The smallest absolute Gasteiger partial charge is 0.387 e. The second kappa shape index (κ2) is 8.80. The fourth-order valence-corrected chi connectivity index (χ4v) is 2.22. The fraction of sp³-hybridized carbons (Fsp3) is 0.222. The maximum absolute atomic E-state index is 12.5. The van der Waals surface area contributed by atoms with Gasteiger partial charge < -0.3 is 20.1 Å². The van der Waals surface area contributed by atoms with E-state index in [-0.39, 0.29) is 24.8 Å². The Morgan fingerprint density at radius 1 is 1.12 bits per heavy atom. The molecule has 0 aliphatic heterocycles. The molecule has 0 atom stereocenters. The maximum Gasteiger partial charge on any atom is 0.387 e. The number of nitrogens with two attached hydrogens (primary N) is 1. The molecule has 8 heteroatoms. The Morgan fingerprint density at radius 2 is 1.81 bits per heavy atom. The SMILES string of the molecule is CN(Cc1ccc(OC(F)F)cc1)C(=O)c1cccc(OCC(N)=O)c1. The van der Waals surface area contributed by atoms with E-state index in [1.807, 2.05) is 0 Å². The molecule has 2 aromatic carbocycles. The molecule has 0 aromatic heterocycles. The second-order valence-corrected chi connectivity index (χ2v) is 5.47. The van der Waals surface area contributed by atoms with E-state index in [1.54, 1.807) is 37.4 Å². The van der Waals surface area contributed by atoms with Gasteiger partial charge in [0.15, 0.2) is 6.61 Å². The van der Waals surface area contributed by atoms with Crippen molar-refractivity contribution < 1.29 is 27.8 Å². The molecular weight excluding hydrogens is 346 g/mol. The van der Waals surface area contributed by atoms with Crippen LogP contribution >= 0.6 is 0 Å². The summed E-state index contributed by atoms with van der Waals surface area (Å²) in [5, 5.41) is 0. The van der Waals surface area contributed by atoms with Crippen LogP contribution in [0.25, 0.3) is 0 Å². The highest BCUT2D eigenvalue weighted by Gasteiger charge is 2.13. The van der Waals surface area contributed by atoms with Crippen LogP contribution < -0.4 is 15.2 Å². The van der Waals surface area contributed by atoms with E-state index < -0.39 is 12.5 Å². The molecule has 2 aromatic rings. The minimum atomic E-state index is -2.88.